The van der Waals surface area contributed by atoms with E-state index < -0.39 is 0 Å². The first kappa shape index (κ1) is 3.65. The monoisotopic (exact) mass is 108 g/mol. The molecule has 0 atom stereocenters. The van der Waals surface area contributed by atoms with E-state index in [9.17, 15) is 0 Å². The molecule has 0 fully saturated rings. The van der Waals surface area contributed by atoms with Gasteiger partial charge in [0.25, 0.3) is 0 Å². The Balaban J connectivity index is 2.84. The number of nitrogens with one attached hydrogen (secondary N) is 2. The van der Waals surface area contributed by atoms with Gasteiger partial charge in [0.2, 0.25) is 0 Å². The SMILES string of the molecule is c1[nH][nH]c2cnnc1-2. The third-order valence-corrected chi connectivity index (χ3v) is 1.04. The predicted molar refractivity (Wildman–Crippen MR) is 27.4 cm³/mol. The van der Waals surface area contributed by atoms with E-state index in [0.29, 0.717) is 0 Å². The molecule has 0 unspecified atom stereocenters. The van der Waals surface area contributed by atoms with Gasteiger partial charge < -0.3 is 5.10 Å². The van der Waals surface area contributed by atoms with Crippen LogP contribution in [0, 0.1) is 0 Å². The van der Waals surface area contributed by atoms with E-state index in [-0.39, 0.29) is 0 Å². The van der Waals surface area contributed by atoms with E-state index in [1.165, 1.54) is 0 Å². The molecule has 4 heteroatoms. The maximum absolute atomic E-state index is 3.77. The zero-order valence-corrected chi connectivity index (χ0v) is 4.05. The minimum atomic E-state index is 0.880. The van der Waals surface area contributed by atoms with Gasteiger partial charge in [-0.1, -0.05) is 0 Å². The number of aromatic amines is 2. The number of nitrogens with zero attached hydrogens (tertiary/aromatic N) is 2. The third-order valence-electron chi connectivity index (χ3n) is 1.04. The summed E-state index contributed by atoms with van der Waals surface area (Å²) in [6.45, 7) is 0. The Morgan fingerprint density at radius 1 is 1.50 bits per heavy atom. The molecule has 2 N–H and O–H groups in total. The lowest BCUT2D eigenvalue weighted by Crippen LogP contribution is -1.64. The van der Waals surface area contributed by atoms with Crippen LogP contribution >= 0.6 is 0 Å². The van der Waals surface area contributed by atoms with Gasteiger partial charge in [0.05, 0.1) is 6.20 Å². The Morgan fingerprint density at radius 2 is 2.50 bits per heavy atom. The predicted octanol–water partition coefficient (Wildman–Crippen LogP) is 0.238. The molecule has 2 heterocycles. The van der Waals surface area contributed by atoms with E-state index in [4.69, 9.17) is 0 Å². The summed E-state index contributed by atoms with van der Waals surface area (Å²) in [5.74, 6) is 0. The summed E-state index contributed by atoms with van der Waals surface area (Å²) in [6.07, 6.45) is 3.44. The maximum atomic E-state index is 3.77. The van der Waals surface area contributed by atoms with Crippen LogP contribution in [-0.2, 0) is 0 Å². The molecule has 0 aromatic carbocycles. The molecule has 2 aliphatic heterocycles. The van der Waals surface area contributed by atoms with Crippen LogP contribution in [0.15, 0.2) is 12.4 Å². The van der Waals surface area contributed by atoms with E-state index >= 15 is 0 Å². The van der Waals surface area contributed by atoms with Crippen LogP contribution in [-0.4, -0.2) is 20.4 Å². The Bertz CT molecular complexity index is 199. The summed E-state index contributed by atoms with van der Waals surface area (Å²) < 4.78 is 0. The van der Waals surface area contributed by atoms with Crippen molar-refractivity contribution in [3.05, 3.63) is 12.4 Å². The lowest BCUT2D eigenvalue weighted by Gasteiger charge is -1.72. The minimum Gasteiger partial charge on any atom is -0.306 e. The standard InChI is InChI=1S/C4H4N4/c1-3-4(8-5-1)2-6-7-3/h1-2,5,8H. The van der Waals surface area contributed by atoms with E-state index in [1.807, 2.05) is 0 Å². The Kier molecular flexibility index (Phi) is 0.498. The van der Waals surface area contributed by atoms with Crippen LogP contribution < -0.4 is 0 Å². The van der Waals surface area contributed by atoms with Crippen LogP contribution in [0.1, 0.15) is 0 Å². The fourth-order valence-corrected chi connectivity index (χ4v) is 0.654. The molecule has 0 aromatic rings. The van der Waals surface area contributed by atoms with Gasteiger partial charge in [-0.05, 0) is 0 Å². The normalized spacial score (nSPS) is 10.5. The second kappa shape index (κ2) is 1.09. The molecule has 0 saturated carbocycles. The highest BCUT2D eigenvalue weighted by Gasteiger charge is 2.02. The molecule has 0 radical (unpaired) electrons. The van der Waals surface area contributed by atoms with Crippen LogP contribution in [0.3, 0.4) is 0 Å². The van der Waals surface area contributed by atoms with Gasteiger partial charge in [-0.25, -0.2) is 0 Å². The average molecular weight is 108 g/mol. The maximum Gasteiger partial charge on any atom is 0.130 e. The molecule has 8 heavy (non-hydrogen) atoms. The minimum absolute atomic E-state index is 0.880. The van der Waals surface area contributed by atoms with Crippen molar-refractivity contribution in [2.24, 2.45) is 0 Å². The van der Waals surface area contributed by atoms with Gasteiger partial charge in [-0.3, -0.25) is 5.10 Å². The van der Waals surface area contributed by atoms with E-state index in [1.54, 1.807) is 12.4 Å². The summed E-state index contributed by atoms with van der Waals surface area (Å²) in [7, 11) is 0. The number of fused-ring (bicyclic) bond motifs is 1. The number of aromatic nitrogens is 4. The quantitative estimate of drug-likeness (QED) is 0.507. The van der Waals surface area contributed by atoms with Crippen molar-refractivity contribution in [1.29, 1.82) is 0 Å². The lowest BCUT2D eigenvalue weighted by molar-refractivity contribution is 1.06. The van der Waals surface area contributed by atoms with Gasteiger partial charge in [0.1, 0.15) is 11.4 Å². The first-order valence-corrected chi connectivity index (χ1v) is 2.30. The van der Waals surface area contributed by atoms with Gasteiger partial charge in [-0.2, -0.15) is 5.10 Å². The molecule has 0 amide bonds. The number of hydrogen-bond donors (Lipinski definition) is 2. The van der Waals surface area contributed by atoms with E-state index in [0.717, 1.165) is 11.4 Å². The Labute approximate surface area is 45.3 Å². The highest BCUT2D eigenvalue weighted by atomic mass is 15.2. The van der Waals surface area contributed by atoms with Crippen LogP contribution in [0.25, 0.3) is 11.4 Å². The topological polar surface area (TPSA) is 57.4 Å². The molecule has 2 aliphatic rings. The first-order chi connectivity index (χ1) is 3.97. The molecule has 0 saturated heterocycles. The molecule has 0 aliphatic carbocycles. The number of hydrogen-bond acceptors (Lipinski definition) is 2. The summed E-state index contributed by atoms with van der Waals surface area (Å²) in [5.41, 5.74) is 1.83. The van der Waals surface area contributed by atoms with Crippen LogP contribution in [0.2, 0.25) is 0 Å². The average Bonchev–Trinajstić information content (AvgIpc) is 2.15. The van der Waals surface area contributed by atoms with Crippen molar-refractivity contribution in [1.82, 2.24) is 20.4 Å². The largest absolute Gasteiger partial charge is 0.306 e. The molecule has 40 valence electrons. The van der Waals surface area contributed by atoms with Crippen LogP contribution in [0.5, 0.6) is 0 Å². The summed E-state index contributed by atoms with van der Waals surface area (Å²) in [6, 6.07) is 0. The number of rotatable bonds is 0. The fraction of sp³-hybridized carbons (Fsp3) is 0. The van der Waals surface area contributed by atoms with Crippen molar-refractivity contribution in [3.8, 4) is 11.4 Å². The lowest BCUT2D eigenvalue weighted by atomic mass is 10.4. The van der Waals surface area contributed by atoms with Gasteiger partial charge in [0, 0.05) is 6.20 Å². The fourth-order valence-electron chi connectivity index (χ4n) is 0.654. The molecular formula is C4H4N4. The molecular weight excluding hydrogens is 104 g/mol. The molecule has 0 aromatic heterocycles. The second-order valence-electron chi connectivity index (χ2n) is 1.56. The van der Waals surface area contributed by atoms with Crippen molar-refractivity contribution >= 4 is 0 Å². The van der Waals surface area contributed by atoms with Crippen molar-refractivity contribution < 1.29 is 0 Å². The summed E-state index contributed by atoms with van der Waals surface area (Å²) in [4.78, 5) is 0. The highest BCUT2D eigenvalue weighted by Crippen LogP contribution is 2.10. The van der Waals surface area contributed by atoms with Crippen LogP contribution in [0.4, 0.5) is 0 Å². The van der Waals surface area contributed by atoms with Gasteiger partial charge >= 0.3 is 0 Å². The molecule has 0 spiro atoms. The molecule has 4 nitrogen and oxygen atoms in total. The van der Waals surface area contributed by atoms with Crippen molar-refractivity contribution in [2.45, 2.75) is 0 Å². The molecule has 2 rings (SSSR count). The Hall–Kier alpha value is -1.32. The third kappa shape index (κ3) is 0.294. The van der Waals surface area contributed by atoms with Gasteiger partial charge in [-0.15, -0.1) is 5.10 Å². The summed E-state index contributed by atoms with van der Waals surface area (Å²) >= 11 is 0. The van der Waals surface area contributed by atoms with Crippen molar-refractivity contribution in [3.63, 3.8) is 0 Å². The van der Waals surface area contributed by atoms with Crippen molar-refractivity contribution in [2.75, 3.05) is 0 Å². The zero-order chi connectivity index (χ0) is 5.40. The second-order valence-corrected chi connectivity index (χ2v) is 1.56. The summed E-state index contributed by atoms with van der Waals surface area (Å²) in [5, 5.41) is 13.1. The first-order valence-electron chi connectivity index (χ1n) is 2.30. The molecule has 0 bridgehead atoms. The Morgan fingerprint density at radius 3 is 3.38 bits per heavy atom. The highest BCUT2D eigenvalue weighted by molar-refractivity contribution is 5.51. The smallest absolute Gasteiger partial charge is 0.130 e. The number of H-pyrrole nitrogens is 2. The van der Waals surface area contributed by atoms with E-state index in [2.05, 4.69) is 20.4 Å². The zero-order valence-electron chi connectivity index (χ0n) is 4.05. The van der Waals surface area contributed by atoms with Gasteiger partial charge in [0.15, 0.2) is 0 Å².